The molecule has 17 heavy (non-hydrogen) atoms. The van der Waals surface area contributed by atoms with Crippen molar-refractivity contribution in [2.75, 3.05) is 0 Å². The van der Waals surface area contributed by atoms with Gasteiger partial charge in [-0.3, -0.25) is 0 Å². The van der Waals surface area contributed by atoms with Crippen LogP contribution in [0.25, 0.3) is 0 Å². The average Bonchev–Trinajstić information content (AvgIpc) is 2.78. The average molecular weight is 266 g/mol. The van der Waals surface area contributed by atoms with Crippen molar-refractivity contribution in [2.24, 2.45) is 0 Å². The fourth-order valence-corrected chi connectivity index (χ4v) is 3.93. The Morgan fingerprint density at radius 1 is 1.24 bits per heavy atom. The first-order valence-electron chi connectivity index (χ1n) is 5.33. The summed E-state index contributed by atoms with van der Waals surface area (Å²) < 4.78 is 12.4. The highest BCUT2D eigenvalue weighted by Crippen LogP contribution is 2.29. The van der Waals surface area contributed by atoms with Crippen molar-refractivity contribution in [3.05, 3.63) is 46.2 Å². The Balaban J connectivity index is 2.37. The molecule has 1 aromatic heterocycles. The van der Waals surface area contributed by atoms with Crippen molar-refractivity contribution >= 4 is 22.1 Å². The van der Waals surface area contributed by atoms with Crippen LogP contribution in [0, 0.1) is 6.92 Å². The van der Waals surface area contributed by atoms with E-state index in [-0.39, 0.29) is 0 Å². The van der Waals surface area contributed by atoms with Gasteiger partial charge in [-0.2, -0.15) is 0 Å². The lowest BCUT2D eigenvalue weighted by atomic mass is 10.2. The molecular weight excluding hydrogens is 252 g/mol. The highest BCUT2D eigenvalue weighted by molar-refractivity contribution is 7.85. The summed E-state index contributed by atoms with van der Waals surface area (Å²) in [7, 11) is -1.21. The number of aliphatic hydroxyl groups excluding tert-OH is 1. The molecule has 2 rings (SSSR count). The molecule has 1 heterocycles. The molecule has 0 amide bonds. The van der Waals surface area contributed by atoms with E-state index < -0.39 is 16.9 Å². The molecule has 0 aliphatic rings. The summed E-state index contributed by atoms with van der Waals surface area (Å²) in [5, 5.41) is 11.5. The largest absolute Gasteiger partial charge is 0.388 e. The standard InChI is InChI=1S/C13H14O2S2/c1-9-3-5-11(6-4-9)17(15)12-7-8-16-13(12)10(2)14/h3-8,10,14H,1-2H3/t10-,17?/m0/s1. The zero-order valence-electron chi connectivity index (χ0n) is 9.71. The lowest BCUT2D eigenvalue weighted by Crippen LogP contribution is -1.97. The lowest BCUT2D eigenvalue weighted by molar-refractivity contribution is 0.200. The fraction of sp³-hybridized carbons (Fsp3) is 0.231. The molecular formula is C13H14O2S2. The van der Waals surface area contributed by atoms with Gasteiger partial charge in [0.25, 0.3) is 0 Å². The summed E-state index contributed by atoms with van der Waals surface area (Å²) >= 11 is 1.44. The Labute approximate surface area is 107 Å². The number of rotatable bonds is 3. The fourth-order valence-electron chi connectivity index (χ4n) is 1.56. The van der Waals surface area contributed by atoms with Crippen molar-refractivity contribution < 1.29 is 9.32 Å². The molecule has 0 saturated heterocycles. The van der Waals surface area contributed by atoms with Crippen LogP contribution in [0.2, 0.25) is 0 Å². The summed E-state index contributed by atoms with van der Waals surface area (Å²) in [6.07, 6.45) is -0.570. The molecule has 2 nitrogen and oxygen atoms in total. The van der Waals surface area contributed by atoms with E-state index in [0.29, 0.717) is 4.90 Å². The number of aliphatic hydroxyl groups is 1. The van der Waals surface area contributed by atoms with Gasteiger partial charge in [0.1, 0.15) is 0 Å². The third kappa shape index (κ3) is 2.65. The third-order valence-corrected chi connectivity index (χ3v) is 5.14. The number of benzene rings is 1. The monoisotopic (exact) mass is 266 g/mol. The first kappa shape index (κ1) is 12.5. The Kier molecular flexibility index (Phi) is 3.76. The van der Waals surface area contributed by atoms with Gasteiger partial charge in [-0.05, 0) is 37.4 Å². The Morgan fingerprint density at radius 2 is 1.88 bits per heavy atom. The van der Waals surface area contributed by atoms with Crippen LogP contribution in [0.15, 0.2) is 45.5 Å². The second kappa shape index (κ2) is 5.12. The minimum atomic E-state index is -1.21. The van der Waals surface area contributed by atoms with Crippen molar-refractivity contribution in [2.45, 2.75) is 29.7 Å². The van der Waals surface area contributed by atoms with E-state index in [0.717, 1.165) is 15.3 Å². The molecule has 1 aromatic carbocycles. The summed E-state index contributed by atoms with van der Waals surface area (Å²) in [5.41, 5.74) is 1.15. The first-order chi connectivity index (χ1) is 8.09. The topological polar surface area (TPSA) is 37.3 Å². The number of hydrogen-bond acceptors (Lipinski definition) is 3. The molecule has 0 saturated carbocycles. The number of hydrogen-bond donors (Lipinski definition) is 1. The molecule has 90 valence electrons. The normalized spacial score (nSPS) is 14.5. The Hall–Kier alpha value is -0.970. The molecule has 0 radical (unpaired) electrons. The maximum atomic E-state index is 12.4. The minimum Gasteiger partial charge on any atom is -0.388 e. The molecule has 1 N–H and O–H groups in total. The molecule has 0 aliphatic heterocycles. The van der Waals surface area contributed by atoms with E-state index in [1.165, 1.54) is 11.3 Å². The molecule has 0 fully saturated rings. The van der Waals surface area contributed by atoms with Crippen molar-refractivity contribution in [3.63, 3.8) is 0 Å². The Morgan fingerprint density at radius 3 is 2.47 bits per heavy atom. The second-order valence-corrected chi connectivity index (χ2v) is 6.30. The van der Waals surface area contributed by atoms with Crippen LogP contribution < -0.4 is 0 Å². The van der Waals surface area contributed by atoms with Crippen LogP contribution >= 0.6 is 11.3 Å². The van der Waals surface area contributed by atoms with Gasteiger partial charge >= 0.3 is 0 Å². The van der Waals surface area contributed by atoms with E-state index in [1.807, 2.05) is 42.6 Å². The van der Waals surface area contributed by atoms with Gasteiger partial charge in [-0.15, -0.1) is 11.3 Å². The highest BCUT2D eigenvalue weighted by Gasteiger charge is 2.16. The van der Waals surface area contributed by atoms with E-state index >= 15 is 0 Å². The zero-order chi connectivity index (χ0) is 12.4. The maximum Gasteiger partial charge on any atom is 0.0866 e. The van der Waals surface area contributed by atoms with Crippen LogP contribution in [0.4, 0.5) is 0 Å². The van der Waals surface area contributed by atoms with Gasteiger partial charge in [-0.1, -0.05) is 17.7 Å². The Bertz CT molecular complexity index is 527. The van der Waals surface area contributed by atoms with Crippen LogP contribution in [0.3, 0.4) is 0 Å². The second-order valence-electron chi connectivity index (χ2n) is 3.91. The predicted molar refractivity (Wildman–Crippen MR) is 70.8 cm³/mol. The summed E-state index contributed by atoms with van der Waals surface area (Å²) in [5.74, 6) is 0. The minimum absolute atomic E-state index is 0.570. The maximum absolute atomic E-state index is 12.4. The number of aryl methyl sites for hydroxylation is 1. The smallest absolute Gasteiger partial charge is 0.0866 e. The van der Waals surface area contributed by atoms with Gasteiger partial charge < -0.3 is 5.11 Å². The number of thiophene rings is 1. The van der Waals surface area contributed by atoms with E-state index in [4.69, 9.17) is 0 Å². The van der Waals surface area contributed by atoms with Crippen LogP contribution in [0.1, 0.15) is 23.5 Å². The van der Waals surface area contributed by atoms with Crippen LogP contribution in [0.5, 0.6) is 0 Å². The summed E-state index contributed by atoms with van der Waals surface area (Å²) in [6, 6.07) is 9.45. The van der Waals surface area contributed by atoms with E-state index in [9.17, 15) is 9.32 Å². The quantitative estimate of drug-likeness (QED) is 0.925. The first-order valence-corrected chi connectivity index (χ1v) is 7.36. The third-order valence-electron chi connectivity index (χ3n) is 2.47. The molecule has 0 aliphatic carbocycles. The van der Waals surface area contributed by atoms with E-state index in [2.05, 4.69) is 0 Å². The van der Waals surface area contributed by atoms with Crippen LogP contribution in [-0.4, -0.2) is 9.32 Å². The highest BCUT2D eigenvalue weighted by atomic mass is 32.2. The van der Waals surface area contributed by atoms with Crippen molar-refractivity contribution in [3.8, 4) is 0 Å². The predicted octanol–water partition coefficient (Wildman–Crippen LogP) is 3.28. The van der Waals surface area contributed by atoms with Gasteiger partial charge in [0.2, 0.25) is 0 Å². The zero-order valence-corrected chi connectivity index (χ0v) is 11.3. The molecule has 1 unspecified atom stereocenters. The van der Waals surface area contributed by atoms with Gasteiger partial charge in [0, 0.05) is 9.77 Å². The van der Waals surface area contributed by atoms with Gasteiger partial charge in [-0.25, -0.2) is 4.21 Å². The lowest BCUT2D eigenvalue weighted by Gasteiger charge is -2.06. The van der Waals surface area contributed by atoms with Crippen LogP contribution in [-0.2, 0) is 10.8 Å². The SMILES string of the molecule is Cc1ccc(S(=O)c2ccsc2[C@H](C)O)cc1. The molecule has 2 aromatic rings. The van der Waals surface area contributed by atoms with Gasteiger partial charge in [0.05, 0.1) is 21.8 Å². The molecule has 4 heteroatoms. The summed E-state index contributed by atoms with van der Waals surface area (Å²) in [4.78, 5) is 2.27. The molecule has 0 bridgehead atoms. The van der Waals surface area contributed by atoms with E-state index in [1.54, 1.807) is 6.92 Å². The summed E-state index contributed by atoms with van der Waals surface area (Å²) in [6.45, 7) is 3.69. The van der Waals surface area contributed by atoms with Gasteiger partial charge in [0.15, 0.2) is 0 Å². The van der Waals surface area contributed by atoms with Crippen molar-refractivity contribution in [1.82, 2.24) is 0 Å². The molecule has 0 spiro atoms. The van der Waals surface area contributed by atoms with Crippen molar-refractivity contribution in [1.29, 1.82) is 0 Å². The molecule has 2 atom stereocenters.